The van der Waals surface area contributed by atoms with E-state index in [2.05, 4.69) is 60.8 Å². The molecule has 6 nitrogen and oxygen atoms in total. The Bertz CT molecular complexity index is 1330. The Labute approximate surface area is 200 Å². The Kier molecular flexibility index (Phi) is 6.11. The van der Waals surface area contributed by atoms with E-state index >= 15 is 0 Å². The first-order valence-electron chi connectivity index (χ1n) is 11.9. The molecule has 4 aromatic rings. The Morgan fingerprint density at radius 1 is 1.12 bits per heavy atom. The zero-order valence-corrected chi connectivity index (χ0v) is 20.3. The molecule has 0 fully saturated rings. The quantitative estimate of drug-likeness (QED) is 0.426. The van der Waals surface area contributed by atoms with Gasteiger partial charge in [0.25, 0.3) is 0 Å². The van der Waals surface area contributed by atoms with E-state index in [0.717, 1.165) is 58.7 Å². The number of hydrogen-bond donors (Lipinski definition) is 1. The van der Waals surface area contributed by atoms with Crippen LogP contribution < -0.4 is 10.5 Å². The molecule has 1 aliphatic carbocycles. The first kappa shape index (κ1) is 22.6. The fraction of sp³-hybridized carbons (Fsp3) is 0.357. The van der Waals surface area contributed by atoms with Gasteiger partial charge >= 0.3 is 0 Å². The summed E-state index contributed by atoms with van der Waals surface area (Å²) < 4.78 is 13.2. The van der Waals surface area contributed by atoms with Crippen molar-refractivity contribution in [2.24, 2.45) is 5.73 Å². The number of nitrogens with two attached hydrogens (primary N) is 1. The molecular formula is C28H32N4O2. The number of fused-ring (bicyclic) bond motifs is 2. The molecule has 0 amide bonds. The van der Waals surface area contributed by atoms with Gasteiger partial charge in [-0.05, 0) is 67.5 Å². The highest BCUT2D eigenvalue weighted by atomic mass is 16.5. The minimum absolute atomic E-state index is 0.0568. The lowest BCUT2D eigenvalue weighted by atomic mass is 9.92. The first-order valence-corrected chi connectivity index (χ1v) is 11.9. The van der Waals surface area contributed by atoms with Crippen molar-refractivity contribution < 1.29 is 9.47 Å². The molecule has 2 N–H and O–H groups in total. The zero-order valence-electron chi connectivity index (χ0n) is 20.3. The third-order valence-electron chi connectivity index (χ3n) is 6.95. The molecular weight excluding hydrogens is 424 g/mol. The molecule has 2 atom stereocenters. The lowest BCUT2D eigenvalue weighted by Crippen LogP contribution is -2.19. The van der Waals surface area contributed by atoms with Gasteiger partial charge in [0.2, 0.25) is 0 Å². The van der Waals surface area contributed by atoms with Gasteiger partial charge in [0.1, 0.15) is 5.75 Å². The molecule has 176 valence electrons. The van der Waals surface area contributed by atoms with Crippen LogP contribution in [0.2, 0.25) is 0 Å². The average molecular weight is 457 g/mol. The van der Waals surface area contributed by atoms with E-state index in [1.807, 2.05) is 6.07 Å². The normalized spacial score (nSPS) is 16.1. The van der Waals surface area contributed by atoms with E-state index in [4.69, 9.17) is 25.3 Å². The van der Waals surface area contributed by atoms with Crippen molar-refractivity contribution >= 4 is 5.65 Å². The predicted octanol–water partition coefficient (Wildman–Crippen LogP) is 4.94. The second-order valence-corrected chi connectivity index (χ2v) is 9.22. The second kappa shape index (κ2) is 9.20. The van der Waals surface area contributed by atoms with Gasteiger partial charge in [0, 0.05) is 24.6 Å². The Morgan fingerprint density at radius 2 is 1.91 bits per heavy atom. The fourth-order valence-electron chi connectivity index (χ4n) is 5.34. The third kappa shape index (κ3) is 3.87. The van der Waals surface area contributed by atoms with Crippen molar-refractivity contribution in [2.45, 2.75) is 45.1 Å². The number of nitrogens with zero attached hydrogens (tertiary/aromatic N) is 3. The van der Waals surface area contributed by atoms with Crippen molar-refractivity contribution in [3.63, 3.8) is 0 Å². The molecule has 0 bridgehead atoms. The Balaban J connectivity index is 1.74. The summed E-state index contributed by atoms with van der Waals surface area (Å²) in [5, 5.41) is 5.05. The van der Waals surface area contributed by atoms with Crippen LogP contribution in [0.3, 0.4) is 0 Å². The van der Waals surface area contributed by atoms with Crippen LogP contribution in [0.1, 0.15) is 52.2 Å². The number of rotatable bonds is 7. The van der Waals surface area contributed by atoms with E-state index in [1.54, 1.807) is 14.2 Å². The standard InChI is InChI=1S/C28H32N4O2/c1-17-14-21(34-4)10-11-22(17)25-18(2)31-32-27(23-12-13-24(29)26(23)30-28(25)32)20(16-33-3)15-19-8-6-5-7-9-19/h5-11,14,20,24H,12-13,15-16,29H2,1-4H3/t20-,24?/m1/s1. The number of ether oxygens (including phenoxy) is 2. The molecule has 0 aliphatic heterocycles. The Morgan fingerprint density at radius 3 is 2.62 bits per heavy atom. The van der Waals surface area contributed by atoms with Gasteiger partial charge < -0.3 is 15.2 Å². The summed E-state index contributed by atoms with van der Waals surface area (Å²) in [6, 6.07) is 16.7. The molecule has 2 aromatic carbocycles. The second-order valence-electron chi connectivity index (χ2n) is 9.22. The highest BCUT2D eigenvalue weighted by molar-refractivity contribution is 5.82. The number of aryl methyl sites for hydroxylation is 2. The summed E-state index contributed by atoms with van der Waals surface area (Å²) in [5.41, 5.74) is 16.4. The summed E-state index contributed by atoms with van der Waals surface area (Å²) in [6.07, 6.45) is 2.69. The Hall–Kier alpha value is -3.22. The number of benzene rings is 2. The van der Waals surface area contributed by atoms with E-state index < -0.39 is 0 Å². The average Bonchev–Trinajstić information content (AvgIpc) is 3.37. The number of aromatic nitrogens is 3. The van der Waals surface area contributed by atoms with E-state index in [0.29, 0.717) is 6.61 Å². The molecule has 6 heteroatoms. The van der Waals surface area contributed by atoms with Gasteiger partial charge in [-0.2, -0.15) is 5.10 Å². The van der Waals surface area contributed by atoms with Crippen LogP contribution in [0.25, 0.3) is 16.8 Å². The van der Waals surface area contributed by atoms with Gasteiger partial charge in [0.05, 0.1) is 30.8 Å². The molecule has 0 radical (unpaired) electrons. The summed E-state index contributed by atoms with van der Waals surface area (Å²) in [5.74, 6) is 0.982. The topological polar surface area (TPSA) is 74.7 Å². The minimum atomic E-state index is -0.0568. The van der Waals surface area contributed by atoms with Gasteiger partial charge in [-0.15, -0.1) is 0 Å². The molecule has 0 saturated carbocycles. The largest absolute Gasteiger partial charge is 0.497 e. The SMILES string of the molecule is COC[C@@H](Cc1ccccc1)c1c2c(nc3c(-c4ccc(OC)cc4C)c(C)nn13)C(N)CC2. The fourth-order valence-corrected chi connectivity index (χ4v) is 5.34. The van der Waals surface area contributed by atoms with Crippen LogP contribution in [0.4, 0.5) is 0 Å². The maximum atomic E-state index is 6.56. The van der Waals surface area contributed by atoms with Crippen LogP contribution in [0.15, 0.2) is 48.5 Å². The minimum Gasteiger partial charge on any atom is -0.497 e. The third-order valence-corrected chi connectivity index (χ3v) is 6.95. The summed E-state index contributed by atoms with van der Waals surface area (Å²) >= 11 is 0. The van der Waals surface area contributed by atoms with Gasteiger partial charge in [-0.25, -0.2) is 9.50 Å². The number of methoxy groups -OCH3 is 2. The molecule has 5 rings (SSSR count). The van der Waals surface area contributed by atoms with Crippen molar-refractivity contribution in [1.29, 1.82) is 0 Å². The molecule has 2 heterocycles. The van der Waals surface area contributed by atoms with Gasteiger partial charge in [0.15, 0.2) is 5.65 Å². The highest BCUT2D eigenvalue weighted by Crippen LogP contribution is 2.39. The molecule has 0 saturated heterocycles. The molecule has 1 unspecified atom stereocenters. The summed E-state index contributed by atoms with van der Waals surface area (Å²) in [4.78, 5) is 5.13. The zero-order chi connectivity index (χ0) is 23.8. The van der Waals surface area contributed by atoms with Crippen LogP contribution in [-0.4, -0.2) is 35.4 Å². The summed E-state index contributed by atoms with van der Waals surface area (Å²) in [6.45, 7) is 4.76. The molecule has 0 spiro atoms. The van der Waals surface area contributed by atoms with Crippen LogP contribution in [-0.2, 0) is 17.6 Å². The van der Waals surface area contributed by atoms with E-state index in [9.17, 15) is 0 Å². The maximum Gasteiger partial charge on any atom is 0.163 e. The van der Waals surface area contributed by atoms with E-state index in [1.165, 1.54) is 16.8 Å². The summed E-state index contributed by atoms with van der Waals surface area (Å²) in [7, 11) is 3.46. The monoisotopic (exact) mass is 456 g/mol. The van der Waals surface area contributed by atoms with Gasteiger partial charge in [-0.3, -0.25) is 0 Å². The molecule has 2 aromatic heterocycles. The van der Waals surface area contributed by atoms with Crippen molar-refractivity contribution in [3.05, 3.63) is 82.3 Å². The number of hydrogen-bond acceptors (Lipinski definition) is 5. The molecule has 1 aliphatic rings. The smallest absolute Gasteiger partial charge is 0.163 e. The van der Waals surface area contributed by atoms with Crippen LogP contribution in [0.5, 0.6) is 5.75 Å². The molecule has 34 heavy (non-hydrogen) atoms. The van der Waals surface area contributed by atoms with Crippen molar-refractivity contribution in [1.82, 2.24) is 14.6 Å². The predicted molar refractivity (Wildman–Crippen MR) is 134 cm³/mol. The van der Waals surface area contributed by atoms with Crippen LogP contribution in [0, 0.1) is 13.8 Å². The first-order chi connectivity index (χ1) is 16.5. The lowest BCUT2D eigenvalue weighted by molar-refractivity contribution is 0.176. The lowest BCUT2D eigenvalue weighted by Gasteiger charge is -2.21. The van der Waals surface area contributed by atoms with Crippen molar-refractivity contribution in [2.75, 3.05) is 20.8 Å². The van der Waals surface area contributed by atoms with Gasteiger partial charge in [-0.1, -0.05) is 36.4 Å². The maximum absolute atomic E-state index is 6.56. The highest BCUT2D eigenvalue weighted by Gasteiger charge is 2.32. The van der Waals surface area contributed by atoms with Crippen molar-refractivity contribution in [3.8, 4) is 16.9 Å². The van der Waals surface area contributed by atoms with E-state index in [-0.39, 0.29) is 12.0 Å². The van der Waals surface area contributed by atoms with Crippen LogP contribution >= 0.6 is 0 Å².